The fourth-order valence-corrected chi connectivity index (χ4v) is 0.144. The van der Waals surface area contributed by atoms with Crippen LogP contribution < -0.4 is 5.43 Å². The molecule has 0 heterocycles. The second-order valence-corrected chi connectivity index (χ2v) is 0.860. The SMILES string of the molecule is N#COOC(=O)NN=C=O. The van der Waals surface area contributed by atoms with Crippen molar-refractivity contribution in [1.82, 2.24) is 5.43 Å². The van der Waals surface area contributed by atoms with E-state index in [4.69, 9.17) is 5.26 Å². The molecule has 0 aromatic carbocycles. The van der Waals surface area contributed by atoms with Crippen LogP contribution in [0.4, 0.5) is 4.79 Å². The average molecular weight is 143 g/mol. The molecule has 0 spiro atoms. The van der Waals surface area contributed by atoms with Crippen LogP contribution in [0.1, 0.15) is 0 Å². The fourth-order valence-electron chi connectivity index (χ4n) is 0.144. The zero-order valence-electron chi connectivity index (χ0n) is 4.53. The Morgan fingerprint density at radius 3 is 2.90 bits per heavy atom. The lowest BCUT2D eigenvalue weighted by Crippen LogP contribution is -2.17. The Morgan fingerprint density at radius 1 is 1.70 bits per heavy atom. The molecule has 0 aliphatic heterocycles. The lowest BCUT2D eigenvalue weighted by Gasteiger charge is -1.91. The third-order valence-electron chi connectivity index (χ3n) is 0.347. The van der Waals surface area contributed by atoms with Gasteiger partial charge in [0.25, 0.3) is 6.08 Å². The fraction of sp³-hybridized carbons (Fsp3) is 0. The Hall–Kier alpha value is -2.06. The number of rotatable bonds is 2. The van der Waals surface area contributed by atoms with Crippen molar-refractivity contribution in [3.8, 4) is 6.26 Å². The number of nitrogens with zero attached hydrogens (tertiary/aromatic N) is 2. The highest BCUT2D eigenvalue weighted by Crippen LogP contribution is 1.75. The number of hydrazone groups is 1. The van der Waals surface area contributed by atoms with Crippen LogP contribution in [-0.4, -0.2) is 12.2 Å². The molecule has 1 amide bonds. The molecule has 0 aromatic rings. The lowest BCUT2D eigenvalue weighted by atomic mass is 11.2. The van der Waals surface area contributed by atoms with E-state index >= 15 is 0 Å². The summed E-state index contributed by atoms with van der Waals surface area (Å²) in [5, 5.41) is 10.3. The molecule has 0 unspecified atom stereocenters. The standard InChI is InChI=1S/C3HN3O4/c4-1-9-10-3(8)6-5-2-7/h(H,6,8). The van der Waals surface area contributed by atoms with E-state index in [2.05, 4.69) is 14.9 Å². The van der Waals surface area contributed by atoms with E-state index in [0.29, 0.717) is 0 Å². The first-order valence-corrected chi connectivity index (χ1v) is 1.90. The van der Waals surface area contributed by atoms with Gasteiger partial charge in [0.05, 0.1) is 0 Å². The summed E-state index contributed by atoms with van der Waals surface area (Å²) >= 11 is 0. The van der Waals surface area contributed by atoms with Crippen LogP contribution in [0.3, 0.4) is 0 Å². The summed E-state index contributed by atoms with van der Waals surface area (Å²) in [5.74, 6) is 0. The van der Waals surface area contributed by atoms with Crippen molar-refractivity contribution in [3.05, 3.63) is 0 Å². The minimum atomic E-state index is -1.18. The van der Waals surface area contributed by atoms with Gasteiger partial charge in [0.2, 0.25) is 0 Å². The predicted octanol–water partition coefficient (Wildman–Crippen LogP) is -0.624. The molecule has 10 heavy (non-hydrogen) atoms. The highest BCUT2D eigenvalue weighted by atomic mass is 17.2. The molecule has 0 bridgehead atoms. The van der Waals surface area contributed by atoms with Crippen LogP contribution in [0.5, 0.6) is 0 Å². The highest BCUT2D eigenvalue weighted by Gasteiger charge is 1.98. The van der Waals surface area contributed by atoms with Crippen LogP contribution in [-0.2, 0) is 14.6 Å². The maximum atomic E-state index is 10.1. The largest absolute Gasteiger partial charge is 0.472 e. The van der Waals surface area contributed by atoms with Crippen molar-refractivity contribution < 1.29 is 19.4 Å². The molecule has 0 saturated heterocycles. The molecular formula is C3HN3O4. The van der Waals surface area contributed by atoms with E-state index in [0.717, 1.165) is 12.3 Å². The van der Waals surface area contributed by atoms with Gasteiger partial charge in [-0.1, -0.05) is 5.10 Å². The quantitative estimate of drug-likeness (QED) is 0.182. The Morgan fingerprint density at radius 2 is 2.40 bits per heavy atom. The summed E-state index contributed by atoms with van der Waals surface area (Å²) in [5.41, 5.74) is 1.53. The normalized spacial score (nSPS) is 6.30. The predicted molar refractivity (Wildman–Crippen MR) is 24.4 cm³/mol. The van der Waals surface area contributed by atoms with E-state index in [9.17, 15) is 9.59 Å². The number of nitrogens with one attached hydrogen (secondary N) is 1. The minimum absolute atomic E-state index is 1.000. The molecule has 1 N–H and O–H groups in total. The van der Waals surface area contributed by atoms with Gasteiger partial charge in [-0.25, -0.2) is 14.5 Å². The minimum Gasteiger partial charge on any atom is -0.218 e. The Labute approximate surface area is 54.8 Å². The molecule has 0 saturated carbocycles. The molecule has 7 nitrogen and oxygen atoms in total. The van der Waals surface area contributed by atoms with E-state index in [-0.39, 0.29) is 0 Å². The molecule has 0 rings (SSSR count). The van der Waals surface area contributed by atoms with Gasteiger partial charge in [0.15, 0.2) is 0 Å². The molecule has 0 aliphatic carbocycles. The Bertz CT molecular complexity index is 200. The summed E-state index contributed by atoms with van der Waals surface area (Å²) < 4.78 is 0. The molecule has 0 fully saturated rings. The van der Waals surface area contributed by atoms with Crippen molar-refractivity contribution in [2.75, 3.05) is 0 Å². The molecule has 52 valence electrons. The third-order valence-corrected chi connectivity index (χ3v) is 0.347. The van der Waals surface area contributed by atoms with Crippen molar-refractivity contribution in [2.24, 2.45) is 5.10 Å². The smallest absolute Gasteiger partial charge is 0.218 e. The number of carbonyl (C=O) groups is 1. The van der Waals surface area contributed by atoms with Crippen LogP contribution in [0.2, 0.25) is 0 Å². The molecule has 0 atom stereocenters. The van der Waals surface area contributed by atoms with E-state index in [1.165, 1.54) is 5.43 Å². The van der Waals surface area contributed by atoms with Gasteiger partial charge in [-0.3, -0.25) is 0 Å². The number of hydrogen-bond acceptors (Lipinski definition) is 6. The first-order chi connectivity index (χ1) is 4.81. The van der Waals surface area contributed by atoms with Crippen molar-refractivity contribution in [1.29, 1.82) is 5.26 Å². The summed E-state index contributed by atoms with van der Waals surface area (Å²) in [6.07, 6.45) is 0.875. The maximum absolute atomic E-state index is 10.1. The number of nitriles is 1. The summed E-state index contributed by atoms with van der Waals surface area (Å²) in [4.78, 5) is 26.5. The molecule has 0 radical (unpaired) electrons. The van der Waals surface area contributed by atoms with Gasteiger partial charge in [-0.2, -0.15) is 10.3 Å². The molecular weight excluding hydrogens is 142 g/mol. The van der Waals surface area contributed by atoms with Crippen molar-refractivity contribution >= 4 is 12.2 Å². The number of carbonyl (C=O) groups excluding carboxylic acids is 2. The van der Waals surface area contributed by atoms with Gasteiger partial charge in [-0.15, -0.1) is 5.26 Å². The van der Waals surface area contributed by atoms with Gasteiger partial charge in [0.1, 0.15) is 0 Å². The van der Waals surface area contributed by atoms with Gasteiger partial charge < -0.3 is 0 Å². The van der Waals surface area contributed by atoms with Gasteiger partial charge in [0, 0.05) is 0 Å². The second-order valence-electron chi connectivity index (χ2n) is 0.860. The van der Waals surface area contributed by atoms with Crippen LogP contribution in [0, 0.1) is 11.5 Å². The molecule has 7 heteroatoms. The zero-order valence-corrected chi connectivity index (χ0v) is 4.53. The van der Waals surface area contributed by atoms with E-state index in [1.54, 1.807) is 0 Å². The van der Waals surface area contributed by atoms with Gasteiger partial charge >= 0.3 is 12.3 Å². The lowest BCUT2D eigenvalue weighted by molar-refractivity contribution is -0.175. The number of hydrogen-bond donors (Lipinski definition) is 1. The number of amides is 1. The van der Waals surface area contributed by atoms with Crippen LogP contribution in [0.25, 0.3) is 0 Å². The summed E-state index contributed by atoms with van der Waals surface area (Å²) in [6, 6.07) is 0. The van der Waals surface area contributed by atoms with E-state index < -0.39 is 6.09 Å². The Kier molecular flexibility index (Phi) is 4.04. The van der Waals surface area contributed by atoms with E-state index in [1.807, 2.05) is 0 Å². The maximum Gasteiger partial charge on any atom is 0.472 e. The highest BCUT2D eigenvalue weighted by molar-refractivity contribution is 5.66. The summed E-state index contributed by atoms with van der Waals surface area (Å²) in [7, 11) is 0. The zero-order chi connectivity index (χ0) is 7.82. The molecule has 0 aliphatic rings. The first-order valence-electron chi connectivity index (χ1n) is 1.90. The average Bonchev–Trinajstić information content (AvgIpc) is 1.97. The summed E-state index contributed by atoms with van der Waals surface area (Å²) in [6.45, 7) is 0. The Balaban J connectivity index is 3.46. The van der Waals surface area contributed by atoms with Gasteiger partial charge in [-0.05, 0) is 0 Å². The molecule has 0 aromatic heterocycles. The van der Waals surface area contributed by atoms with Crippen LogP contribution >= 0.6 is 0 Å². The second kappa shape index (κ2) is 5.08. The van der Waals surface area contributed by atoms with Crippen molar-refractivity contribution in [2.45, 2.75) is 0 Å². The number of isocyanates is 1. The third kappa shape index (κ3) is 4.11. The first kappa shape index (κ1) is 7.94. The monoisotopic (exact) mass is 143 g/mol. The topological polar surface area (TPSA) is 101 Å². The van der Waals surface area contributed by atoms with Crippen molar-refractivity contribution in [3.63, 3.8) is 0 Å². The van der Waals surface area contributed by atoms with Crippen LogP contribution in [0.15, 0.2) is 5.10 Å².